The van der Waals surface area contributed by atoms with E-state index in [2.05, 4.69) is 16.8 Å². The standard InChI is InChI=1S/C12H17N3O/c1-2-14-7-9-15(10-8-14)12(16)11-5-3-4-6-13-11/h3-6H,2,7-10H2,1H3. The first-order valence-corrected chi connectivity index (χ1v) is 5.74. The van der Waals surface area contributed by atoms with Gasteiger partial charge in [-0.2, -0.15) is 0 Å². The van der Waals surface area contributed by atoms with Crippen molar-refractivity contribution in [3.63, 3.8) is 0 Å². The quantitative estimate of drug-likeness (QED) is 0.740. The Morgan fingerprint density at radius 2 is 2.06 bits per heavy atom. The third-order valence-electron chi connectivity index (χ3n) is 2.99. The average molecular weight is 219 g/mol. The number of carbonyl (C=O) groups is 1. The van der Waals surface area contributed by atoms with Crippen LogP contribution in [0.25, 0.3) is 0 Å². The lowest BCUT2D eigenvalue weighted by atomic mass is 10.2. The maximum absolute atomic E-state index is 12.0. The summed E-state index contributed by atoms with van der Waals surface area (Å²) in [6, 6.07) is 5.45. The minimum absolute atomic E-state index is 0.0522. The molecule has 0 radical (unpaired) electrons. The van der Waals surface area contributed by atoms with Crippen LogP contribution in [0.2, 0.25) is 0 Å². The van der Waals surface area contributed by atoms with Crippen molar-refractivity contribution in [2.45, 2.75) is 6.92 Å². The van der Waals surface area contributed by atoms with Gasteiger partial charge in [0.25, 0.3) is 5.91 Å². The van der Waals surface area contributed by atoms with Crippen LogP contribution in [0.4, 0.5) is 0 Å². The zero-order chi connectivity index (χ0) is 11.4. The van der Waals surface area contributed by atoms with Crippen molar-refractivity contribution in [1.29, 1.82) is 0 Å². The van der Waals surface area contributed by atoms with Crippen molar-refractivity contribution in [3.05, 3.63) is 30.1 Å². The molecule has 16 heavy (non-hydrogen) atoms. The van der Waals surface area contributed by atoms with Gasteiger partial charge in [-0.25, -0.2) is 0 Å². The number of pyridine rings is 1. The highest BCUT2D eigenvalue weighted by molar-refractivity contribution is 5.92. The molecule has 4 nitrogen and oxygen atoms in total. The Balaban J connectivity index is 1.97. The molecule has 0 spiro atoms. The Labute approximate surface area is 95.9 Å². The second-order valence-electron chi connectivity index (χ2n) is 3.94. The van der Waals surface area contributed by atoms with Crippen molar-refractivity contribution in [2.75, 3.05) is 32.7 Å². The van der Waals surface area contributed by atoms with Crippen LogP contribution in [0.1, 0.15) is 17.4 Å². The van der Waals surface area contributed by atoms with Crippen LogP contribution in [0.5, 0.6) is 0 Å². The van der Waals surface area contributed by atoms with Crippen LogP contribution in [-0.4, -0.2) is 53.4 Å². The highest BCUT2D eigenvalue weighted by Crippen LogP contribution is 2.06. The number of hydrogen-bond donors (Lipinski definition) is 0. The van der Waals surface area contributed by atoms with Crippen LogP contribution in [-0.2, 0) is 0 Å². The number of rotatable bonds is 2. The molecular formula is C12H17N3O. The first-order chi connectivity index (χ1) is 7.81. The van der Waals surface area contributed by atoms with Gasteiger partial charge in [0, 0.05) is 32.4 Å². The number of piperazine rings is 1. The summed E-state index contributed by atoms with van der Waals surface area (Å²) in [5.41, 5.74) is 0.549. The van der Waals surface area contributed by atoms with E-state index in [1.807, 2.05) is 17.0 Å². The first kappa shape index (κ1) is 11.1. The van der Waals surface area contributed by atoms with E-state index in [0.29, 0.717) is 5.69 Å². The fourth-order valence-electron chi connectivity index (χ4n) is 1.92. The van der Waals surface area contributed by atoms with Crippen molar-refractivity contribution in [2.24, 2.45) is 0 Å². The fraction of sp³-hybridized carbons (Fsp3) is 0.500. The molecule has 1 aromatic heterocycles. The van der Waals surface area contributed by atoms with E-state index >= 15 is 0 Å². The first-order valence-electron chi connectivity index (χ1n) is 5.74. The third kappa shape index (κ3) is 2.39. The molecule has 0 aliphatic carbocycles. The van der Waals surface area contributed by atoms with E-state index in [4.69, 9.17) is 0 Å². The zero-order valence-corrected chi connectivity index (χ0v) is 9.59. The summed E-state index contributed by atoms with van der Waals surface area (Å²) in [7, 11) is 0. The number of hydrogen-bond acceptors (Lipinski definition) is 3. The van der Waals surface area contributed by atoms with Gasteiger partial charge in [0.05, 0.1) is 0 Å². The summed E-state index contributed by atoms with van der Waals surface area (Å²) in [6.45, 7) is 6.76. The van der Waals surface area contributed by atoms with E-state index in [0.717, 1.165) is 32.7 Å². The fourth-order valence-corrected chi connectivity index (χ4v) is 1.92. The van der Waals surface area contributed by atoms with E-state index in [1.54, 1.807) is 12.3 Å². The molecule has 1 amide bonds. The lowest BCUT2D eigenvalue weighted by molar-refractivity contribution is 0.0637. The monoisotopic (exact) mass is 219 g/mol. The van der Waals surface area contributed by atoms with Crippen molar-refractivity contribution >= 4 is 5.91 Å². The molecule has 0 saturated carbocycles. The van der Waals surface area contributed by atoms with Gasteiger partial charge in [0.1, 0.15) is 5.69 Å². The molecule has 1 aromatic rings. The normalized spacial score (nSPS) is 17.4. The Kier molecular flexibility index (Phi) is 3.51. The van der Waals surface area contributed by atoms with Gasteiger partial charge in [-0.05, 0) is 18.7 Å². The van der Waals surface area contributed by atoms with Gasteiger partial charge >= 0.3 is 0 Å². The largest absolute Gasteiger partial charge is 0.335 e. The molecule has 0 unspecified atom stereocenters. The second kappa shape index (κ2) is 5.07. The van der Waals surface area contributed by atoms with Gasteiger partial charge in [-0.3, -0.25) is 9.78 Å². The predicted molar refractivity (Wildman–Crippen MR) is 62.3 cm³/mol. The summed E-state index contributed by atoms with van der Waals surface area (Å²) >= 11 is 0. The highest BCUT2D eigenvalue weighted by Gasteiger charge is 2.21. The van der Waals surface area contributed by atoms with Gasteiger partial charge in [-0.1, -0.05) is 13.0 Å². The lowest BCUT2D eigenvalue weighted by Gasteiger charge is -2.33. The summed E-state index contributed by atoms with van der Waals surface area (Å²) < 4.78 is 0. The molecule has 0 bridgehead atoms. The summed E-state index contributed by atoms with van der Waals surface area (Å²) in [5.74, 6) is 0.0522. The predicted octanol–water partition coefficient (Wildman–Crippen LogP) is 0.859. The molecule has 1 aliphatic rings. The minimum atomic E-state index is 0.0522. The minimum Gasteiger partial charge on any atom is -0.335 e. The molecule has 1 saturated heterocycles. The van der Waals surface area contributed by atoms with E-state index in [1.165, 1.54) is 0 Å². The van der Waals surface area contributed by atoms with Crippen molar-refractivity contribution in [1.82, 2.24) is 14.8 Å². The van der Waals surface area contributed by atoms with Crippen molar-refractivity contribution < 1.29 is 4.79 Å². The average Bonchev–Trinajstić information content (AvgIpc) is 2.39. The molecule has 86 valence electrons. The molecule has 0 atom stereocenters. The summed E-state index contributed by atoms with van der Waals surface area (Å²) in [4.78, 5) is 20.4. The second-order valence-corrected chi connectivity index (χ2v) is 3.94. The molecule has 0 aromatic carbocycles. The molecular weight excluding hydrogens is 202 g/mol. The Morgan fingerprint density at radius 3 is 2.62 bits per heavy atom. The highest BCUT2D eigenvalue weighted by atomic mass is 16.2. The van der Waals surface area contributed by atoms with Gasteiger partial charge in [0.2, 0.25) is 0 Å². The smallest absolute Gasteiger partial charge is 0.272 e. The van der Waals surface area contributed by atoms with Gasteiger partial charge < -0.3 is 9.80 Å². The molecule has 2 heterocycles. The van der Waals surface area contributed by atoms with Crippen LogP contribution in [0.3, 0.4) is 0 Å². The molecule has 2 rings (SSSR count). The molecule has 0 N–H and O–H groups in total. The van der Waals surface area contributed by atoms with Crippen molar-refractivity contribution in [3.8, 4) is 0 Å². The van der Waals surface area contributed by atoms with Crippen LogP contribution < -0.4 is 0 Å². The maximum atomic E-state index is 12.0. The van der Waals surface area contributed by atoms with Crippen LogP contribution in [0, 0.1) is 0 Å². The molecule has 1 aliphatic heterocycles. The summed E-state index contributed by atoms with van der Waals surface area (Å²) in [6.07, 6.45) is 1.66. The SMILES string of the molecule is CCN1CCN(C(=O)c2ccccn2)CC1. The lowest BCUT2D eigenvalue weighted by Crippen LogP contribution is -2.48. The Hall–Kier alpha value is -1.42. The number of carbonyl (C=O) groups excluding carboxylic acids is 1. The zero-order valence-electron chi connectivity index (χ0n) is 9.59. The van der Waals surface area contributed by atoms with E-state index in [9.17, 15) is 4.79 Å². The van der Waals surface area contributed by atoms with E-state index in [-0.39, 0.29) is 5.91 Å². The van der Waals surface area contributed by atoms with Gasteiger partial charge in [0.15, 0.2) is 0 Å². The third-order valence-corrected chi connectivity index (χ3v) is 2.99. The molecule has 4 heteroatoms. The van der Waals surface area contributed by atoms with Gasteiger partial charge in [-0.15, -0.1) is 0 Å². The maximum Gasteiger partial charge on any atom is 0.272 e. The number of nitrogens with zero attached hydrogens (tertiary/aromatic N) is 3. The number of likely N-dealkylation sites (N-methyl/N-ethyl adjacent to an activating group) is 1. The molecule has 1 fully saturated rings. The Bertz CT molecular complexity index is 345. The van der Waals surface area contributed by atoms with Crippen LogP contribution in [0.15, 0.2) is 24.4 Å². The van der Waals surface area contributed by atoms with Crippen LogP contribution >= 0.6 is 0 Å². The number of amides is 1. The van der Waals surface area contributed by atoms with E-state index < -0.39 is 0 Å². The Morgan fingerprint density at radius 1 is 1.31 bits per heavy atom. The summed E-state index contributed by atoms with van der Waals surface area (Å²) in [5, 5.41) is 0. The topological polar surface area (TPSA) is 36.4 Å². The number of aromatic nitrogens is 1.